The van der Waals surface area contributed by atoms with Crippen LogP contribution in [0.25, 0.3) is 0 Å². The zero-order valence-corrected chi connectivity index (χ0v) is 22.3. The van der Waals surface area contributed by atoms with Crippen molar-refractivity contribution in [2.45, 2.75) is 57.7 Å². The van der Waals surface area contributed by atoms with E-state index in [4.69, 9.17) is 0 Å². The highest BCUT2D eigenvalue weighted by Gasteiger charge is 2.31. The van der Waals surface area contributed by atoms with Gasteiger partial charge in [-0.05, 0) is 55.7 Å². The third kappa shape index (κ3) is 7.76. The van der Waals surface area contributed by atoms with Gasteiger partial charge in [-0.25, -0.2) is 12.8 Å². The molecule has 0 aliphatic heterocycles. The maximum Gasteiger partial charge on any atom is 0.244 e. The van der Waals surface area contributed by atoms with Crippen molar-refractivity contribution in [3.63, 3.8) is 0 Å². The molecule has 1 aliphatic rings. The number of carbonyl (C=O) groups is 2. The molecule has 190 valence electrons. The van der Waals surface area contributed by atoms with Crippen LogP contribution in [0.2, 0.25) is 0 Å². The smallest absolute Gasteiger partial charge is 0.244 e. The lowest BCUT2D eigenvalue weighted by Gasteiger charge is -2.33. The summed E-state index contributed by atoms with van der Waals surface area (Å²) in [5, 5.41) is 3.05. The van der Waals surface area contributed by atoms with E-state index in [9.17, 15) is 22.4 Å². The second-order valence-electron chi connectivity index (χ2n) is 8.92. The lowest BCUT2D eigenvalue weighted by atomic mass is 9.95. The van der Waals surface area contributed by atoms with E-state index in [-0.39, 0.29) is 24.2 Å². The quantitative estimate of drug-likeness (QED) is 0.491. The molecule has 1 fully saturated rings. The fourth-order valence-corrected chi connectivity index (χ4v) is 5.29. The fourth-order valence-electron chi connectivity index (χ4n) is 4.18. The van der Waals surface area contributed by atoms with Gasteiger partial charge in [0, 0.05) is 17.1 Å². The predicted octanol–water partition coefficient (Wildman–Crippen LogP) is 4.22. The molecule has 0 radical (unpaired) electrons. The van der Waals surface area contributed by atoms with Gasteiger partial charge in [-0.3, -0.25) is 13.9 Å². The Morgan fingerprint density at radius 3 is 2.37 bits per heavy atom. The first-order chi connectivity index (χ1) is 16.5. The number of benzene rings is 2. The molecule has 1 aliphatic carbocycles. The van der Waals surface area contributed by atoms with Crippen molar-refractivity contribution in [3.8, 4) is 0 Å². The van der Waals surface area contributed by atoms with Crippen LogP contribution < -0.4 is 9.62 Å². The van der Waals surface area contributed by atoms with Crippen molar-refractivity contribution in [1.82, 2.24) is 10.2 Å². The van der Waals surface area contributed by atoms with Gasteiger partial charge < -0.3 is 10.2 Å². The Labute approximate surface area is 214 Å². The average molecular weight is 569 g/mol. The molecule has 1 saturated carbocycles. The van der Waals surface area contributed by atoms with E-state index >= 15 is 0 Å². The summed E-state index contributed by atoms with van der Waals surface area (Å²) < 4.78 is 40.6. The van der Waals surface area contributed by atoms with Crippen LogP contribution >= 0.6 is 15.9 Å². The van der Waals surface area contributed by atoms with E-state index in [0.29, 0.717) is 0 Å². The van der Waals surface area contributed by atoms with Crippen LogP contribution in [-0.4, -0.2) is 50.0 Å². The van der Waals surface area contributed by atoms with Crippen LogP contribution in [0, 0.1) is 5.82 Å². The lowest BCUT2D eigenvalue weighted by molar-refractivity contribution is -0.139. The van der Waals surface area contributed by atoms with Crippen molar-refractivity contribution in [1.29, 1.82) is 0 Å². The summed E-state index contributed by atoms with van der Waals surface area (Å²) in [6, 6.07) is 11.6. The lowest BCUT2D eigenvalue weighted by Crippen LogP contribution is -2.52. The van der Waals surface area contributed by atoms with Crippen molar-refractivity contribution < 1.29 is 22.4 Å². The fraction of sp³-hybridized carbons (Fsp3) is 0.440. The van der Waals surface area contributed by atoms with Crippen LogP contribution in [-0.2, 0) is 26.2 Å². The van der Waals surface area contributed by atoms with E-state index in [0.717, 1.165) is 58.8 Å². The minimum Gasteiger partial charge on any atom is -0.352 e. The minimum atomic E-state index is -3.90. The Bertz CT molecular complexity index is 1140. The molecular weight excluding hydrogens is 537 g/mol. The number of sulfonamides is 1. The van der Waals surface area contributed by atoms with E-state index < -0.39 is 34.3 Å². The molecule has 35 heavy (non-hydrogen) atoms. The molecule has 0 aromatic heterocycles. The van der Waals surface area contributed by atoms with Crippen LogP contribution in [0.5, 0.6) is 0 Å². The number of carbonyl (C=O) groups excluding carboxylic acids is 2. The van der Waals surface area contributed by atoms with Crippen LogP contribution in [0.1, 0.15) is 44.6 Å². The second kappa shape index (κ2) is 12.0. The zero-order valence-electron chi connectivity index (χ0n) is 19.9. The van der Waals surface area contributed by atoms with Crippen molar-refractivity contribution in [3.05, 3.63) is 64.4 Å². The van der Waals surface area contributed by atoms with E-state index in [1.807, 2.05) is 24.3 Å². The van der Waals surface area contributed by atoms with E-state index in [2.05, 4.69) is 21.2 Å². The number of amides is 2. The summed E-state index contributed by atoms with van der Waals surface area (Å²) in [7, 11) is -3.90. The molecule has 7 nitrogen and oxygen atoms in total. The van der Waals surface area contributed by atoms with Gasteiger partial charge in [-0.15, -0.1) is 0 Å². The number of hydrogen-bond donors (Lipinski definition) is 1. The molecular formula is C25H31BrFN3O4S. The van der Waals surface area contributed by atoms with Crippen molar-refractivity contribution in [2.24, 2.45) is 0 Å². The van der Waals surface area contributed by atoms with Gasteiger partial charge in [0.1, 0.15) is 18.4 Å². The molecule has 2 aromatic rings. The largest absolute Gasteiger partial charge is 0.352 e. The zero-order chi connectivity index (χ0) is 25.6. The highest BCUT2D eigenvalue weighted by atomic mass is 79.9. The number of nitrogens with zero attached hydrogens (tertiary/aromatic N) is 2. The van der Waals surface area contributed by atoms with Crippen LogP contribution in [0.4, 0.5) is 10.1 Å². The Kier molecular flexibility index (Phi) is 9.29. The first-order valence-electron chi connectivity index (χ1n) is 11.6. The molecule has 2 amide bonds. The van der Waals surface area contributed by atoms with E-state index in [1.165, 1.54) is 23.1 Å². The van der Waals surface area contributed by atoms with Crippen LogP contribution in [0.3, 0.4) is 0 Å². The summed E-state index contributed by atoms with van der Waals surface area (Å²) in [5.41, 5.74) is 0.833. The summed E-state index contributed by atoms with van der Waals surface area (Å²) in [6.45, 7) is 1.20. The molecule has 1 atom stereocenters. The van der Waals surface area contributed by atoms with Crippen LogP contribution in [0.15, 0.2) is 53.0 Å². The third-order valence-corrected chi connectivity index (χ3v) is 7.83. The third-order valence-electron chi connectivity index (χ3n) is 6.16. The Hall–Kier alpha value is -2.46. The standard InChI is InChI=1S/C25H31BrFN3O4S/c1-18(25(32)28-22-8-4-3-5-9-22)29(16-19-11-13-20(26)14-12-19)24(31)17-30(35(2,33)34)23-10-6-7-21(27)15-23/h6-7,10-15,18,22H,3-5,8-9,16-17H2,1-2H3,(H,28,32)/t18-/m1/s1. The maximum atomic E-state index is 13.8. The topological polar surface area (TPSA) is 86.8 Å². The molecule has 3 rings (SSSR count). The molecule has 1 N–H and O–H groups in total. The SMILES string of the molecule is C[C@H](C(=O)NC1CCCCC1)N(Cc1ccc(Br)cc1)C(=O)CN(c1cccc(F)c1)S(C)(=O)=O. The van der Waals surface area contributed by atoms with E-state index in [1.54, 1.807) is 6.92 Å². The predicted molar refractivity (Wildman–Crippen MR) is 138 cm³/mol. The van der Waals surface area contributed by atoms with Gasteiger partial charge in [0.2, 0.25) is 21.8 Å². The summed E-state index contributed by atoms with van der Waals surface area (Å²) in [6.07, 6.45) is 6.03. The molecule has 10 heteroatoms. The van der Waals surface area contributed by atoms with Gasteiger partial charge in [0.25, 0.3) is 0 Å². The van der Waals surface area contributed by atoms with Gasteiger partial charge >= 0.3 is 0 Å². The first kappa shape index (κ1) is 27.1. The highest BCUT2D eigenvalue weighted by molar-refractivity contribution is 9.10. The van der Waals surface area contributed by atoms with Crippen molar-refractivity contribution >= 4 is 43.5 Å². The number of hydrogen-bond acceptors (Lipinski definition) is 4. The monoisotopic (exact) mass is 567 g/mol. The Morgan fingerprint density at radius 2 is 1.77 bits per heavy atom. The summed E-state index contributed by atoms with van der Waals surface area (Å²) in [4.78, 5) is 28.0. The average Bonchev–Trinajstić information content (AvgIpc) is 2.81. The normalized spacial score (nSPS) is 15.3. The Morgan fingerprint density at radius 1 is 1.11 bits per heavy atom. The van der Waals surface area contributed by atoms with Gasteiger partial charge in [0.05, 0.1) is 11.9 Å². The van der Waals surface area contributed by atoms with Gasteiger partial charge in [0.15, 0.2) is 0 Å². The van der Waals surface area contributed by atoms with Gasteiger partial charge in [-0.1, -0.05) is 53.4 Å². The molecule has 0 bridgehead atoms. The molecule has 2 aromatic carbocycles. The molecule has 0 spiro atoms. The minimum absolute atomic E-state index is 0.0451. The van der Waals surface area contributed by atoms with Gasteiger partial charge in [-0.2, -0.15) is 0 Å². The molecule has 0 unspecified atom stereocenters. The highest BCUT2D eigenvalue weighted by Crippen LogP contribution is 2.21. The summed E-state index contributed by atoms with van der Waals surface area (Å²) >= 11 is 3.39. The molecule has 0 heterocycles. The molecule has 0 saturated heterocycles. The first-order valence-corrected chi connectivity index (χ1v) is 14.3. The maximum absolute atomic E-state index is 13.8. The number of anilines is 1. The summed E-state index contributed by atoms with van der Waals surface area (Å²) in [5.74, 6) is -1.46. The number of rotatable bonds is 9. The Balaban J connectivity index is 1.86. The van der Waals surface area contributed by atoms with Crippen molar-refractivity contribution in [2.75, 3.05) is 17.1 Å². The second-order valence-corrected chi connectivity index (χ2v) is 11.7. The number of halogens is 2. The number of nitrogens with one attached hydrogen (secondary N) is 1.